The van der Waals surface area contributed by atoms with E-state index in [1.807, 2.05) is 0 Å². The van der Waals surface area contributed by atoms with Gasteiger partial charge in [0.05, 0.1) is 4.24 Å². The molecule has 0 rings (SSSR count). The van der Waals surface area contributed by atoms with E-state index in [9.17, 15) is 0 Å². The molecule has 4 N–H and O–H groups in total. The quantitative estimate of drug-likeness (QED) is 0.339. The average molecular weight is 122 g/mol. The van der Waals surface area contributed by atoms with E-state index in [1.165, 1.54) is 0 Å². The summed E-state index contributed by atoms with van der Waals surface area (Å²) < 4.78 is 0.370. The van der Waals surface area contributed by atoms with Crippen molar-refractivity contribution in [3.8, 4) is 0 Å². The molecule has 0 amide bonds. The Kier molecular flexibility index (Phi) is 2.27. The van der Waals surface area contributed by atoms with Gasteiger partial charge in [-0.3, -0.25) is 0 Å². The minimum absolute atomic E-state index is 0.154. The Bertz CT molecular complexity index is 59.6. The largest absolute Gasteiger partial charge is 0.384 e. The zero-order valence-electron chi connectivity index (χ0n) is 3.05. The first-order valence-corrected chi connectivity index (χ1v) is 2.17. The van der Waals surface area contributed by atoms with E-state index in [4.69, 9.17) is 11.5 Å². The molecule has 0 aliphatic carbocycles. The van der Waals surface area contributed by atoms with Crippen molar-refractivity contribution in [3.63, 3.8) is 0 Å². The summed E-state index contributed by atoms with van der Waals surface area (Å²) in [6.07, 6.45) is 0. The summed E-state index contributed by atoms with van der Waals surface area (Å²) in [5, 5.41) is 0. The van der Waals surface area contributed by atoms with Crippen LogP contribution in [0.15, 0.2) is 10.1 Å². The van der Waals surface area contributed by atoms with Crippen LogP contribution in [0.25, 0.3) is 0 Å². The second-order valence-corrected chi connectivity index (χ2v) is 2.03. The molecule has 0 aromatic carbocycles. The van der Waals surface area contributed by atoms with Gasteiger partial charge in [0, 0.05) is 0 Å². The molecule has 4 heteroatoms. The monoisotopic (exact) mass is 122 g/mol. The predicted molar refractivity (Wildman–Crippen MR) is 33.4 cm³/mol. The van der Waals surface area contributed by atoms with Gasteiger partial charge in [0.1, 0.15) is 5.82 Å². The summed E-state index contributed by atoms with van der Waals surface area (Å²) in [7, 11) is 0. The molecule has 0 radical (unpaired) electrons. The smallest absolute Gasteiger partial charge is 0.113 e. The molecule has 0 fully saturated rings. The third kappa shape index (κ3) is 2.29. The molecule has 0 saturated carbocycles. The lowest BCUT2D eigenvalue weighted by molar-refractivity contribution is 1.26. The molecule has 0 aliphatic rings. The van der Waals surface area contributed by atoms with Crippen LogP contribution < -0.4 is 11.5 Å². The molecule has 0 heterocycles. The Morgan fingerprint density at radius 2 is 1.33 bits per heavy atom. The van der Waals surface area contributed by atoms with Gasteiger partial charge in [-0.2, -0.15) is 0 Å². The third-order valence-electron chi connectivity index (χ3n) is 0.258. The molecular formula is C2H6N2S2. The van der Waals surface area contributed by atoms with Crippen molar-refractivity contribution in [2.75, 3.05) is 0 Å². The Labute approximate surface area is 47.4 Å². The number of hydrogen-bond acceptors (Lipinski definition) is 4. The second kappa shape index (κ2) is 2.25. The maximum Gasteiger partial charge on any atom is 0.113 e. The van der Waals surface area contributed by atoms with E-state index >= 15 is 0 Å². The van der Waals surface area contributed by atoms with Crippen molar-refractivity contribution in [2.24, 2.45) is 11.5 Å². The molecule has 0 saturated heterocycles. The highest BCUT2D eigenvalue weighted by Crippen LogP contribution is 2.02. The fraction of sp³-hybridized carbons (Fsp3) is 0. The average Bonchev–Trinajstić information content (AvgIpc) is 1.36. The van der Waals surface area contributed by atoms with Gasteiger partial charge in [0.15, 0.2) is 0 Å². The molecule has 6 heavy (non-hydrogen) atoms. The highest BCUT2D eigenvalue weighted by molar-refractivity contribution is 8.05. The van der Waals surface area contributed by atoms with Crippen LogP contribution >= 0.6 is 25.3 Å². The van der Waals surface area contributed by atoms with Crippen LogP contribution in [0.4, 0.5) is 0 Å². The number of nitrogens with two attached hydrogens (primary N) is 2. The zero-order valence-corrected chi connectivity index (χ0v) is 4.84. The number of thiol groups is 2. The van der Waals surface area contributed by atoms with Gasteiger partial charge >= 0.3 is 0 Å². The topological polar surface area (TPSA) is 52.0 Å². The Balaban J connectivity index is 3.68. The van der Waals surface area contributed by atoms with E-state index < -0.39 is 0 Å². The highest BCUT2D eigenvalue weighted by atomic mass is 32.2. The van der Waals surface area contributed by atoms with Crippen LogP contribution in [0.1, 0.15) is 0 Å². The lowest BCUT2D eigenvalue weighted by Crippen LogP contribution is -2.07. The molecule has 36 valence electrons. The first-order valence-electron chi connectivity index (χ1n) is 1.27. The van der Waals surface area contributed by atoms with Crippen LogP contribution in [0.2, 0.25) is 0 Å². The van der Waals surface area contributed by atoms with E-state index in [1.54, 1.807) is 0 Å². The van der Waals surface area contributed by atoms with Crippen molar-refractivity contribution >= 4 is 25.3 Å². The normalized spacial score (nSPS) is 7.67. The van der Waals surface area contributed by atoms with Crippen molar-refractivity contribution in [1.82, 2.24) is 0 Å². The van der Waals surface area contributed by atoms with Gasteiger partial charge < -0.3 is 11.5 Å². The summed E-state index contributed by atoms with van der Waals surface area (Å²) in [5.74, 6) is 0.154. The minimum atomic E-state index is 0.154. The van der Waals surface area contributed by atoms with E-state index in [-0.39, 0.29) is 5.82 Å². The molecule has 0 spiro atoms. The predicted octanol–water partition coefficient (Wildman–Crippen LogP) is -0.110. The van der Waals surface area contributed by atoms with Gasteiger partial charge in [-0.25, -0.2) is 0 Å². The van der Waals surface area contributed by atoms with Crippen molar-refractivity contribution < 1.29 is 0 Å². The summed E-state index contributed by atoms with van der Waals surface area (Å²) >= 11 is 7.37. The van der Waals surface area contributed by atoms with Crippen molar-refractivity contribution in [1.29, 1.82) is 0 Å². The molecule has 2 nitrogen and oxygen atoms in total. The highest BCUT2D eigenvalue weighted by Gasteiger charge is 1.79. The molecule has 0 atom stereocenters. The van der Waals surface area contributed by atoms with Crippen LogP contribution in [0.3, 0.4) is 0 Å². The second-order valence-electron chi connectivity index (χ2n) is 0.779. The summed E-state index contributed by atoms with van der Waals surface area (Å²) in [5.41, 5.74) is 9.88. The summed E-state index contributed by atoms with van der Waals surface area (Å²) in [6, 6.07) is 0. The van der Waals surface area contributed by atoms with Crippen LogP contribution in [0.5, 0.6) is 0 Å². The maximum atomic E-state index is 4.94. The molecule has 0 aromatic heterocycles. The van der Waals surface area contributed by atoms with E-state index in [0.29, 0.717) is 4.24 Å². The Morgan fingerprint density at radius 3 is 1.33 bits per heavy atom. The molecular weight excluding hydrogens is 116 g/mol. The van der Waals surface area contributed by atoms with Gasteiger partial charge in [0.25, 0.3) is 0 Å². The van der Waals surface area contributed by atoms with Crippen LogP contribution in [-0.4, -0.2) is 0 Å². The fourth-order valence-corrected chi connectivity index (χ4v) is 0. The first-order chi connectivity index (χ1) is 2.64. The Morgan fingerprint density at radius 1 is 1.17 bits per heavy atom. The molecule has 0 aliphatic heterocycles. The standard InChI is InChI=1S/C2H6N2S2/c3-1(4)2(5)6/h5-6H,3-4H2. The fourth-order valence-electron chi connectivity index (χ4n) is 0. The lowest BCUT2D eigenvalue weighted by atomic mass is 10.9. The van der Waals surface area contributed by atoms with Crippen LogP contribution in [0, 0.1) is 0 Å². The molecule has 0 aromatic rings. The van der Waals surface area contributed by atoms with Gasteiger partial charge in [-0.05, 0) is 0 Å². The van der Waals surface area contributed by atoms with Crippen LogP contribution in [-0.2, 0) is 0 Å². The third-order valence-corrected chi connectivity index (χ3v) is 0.775. The zero-order chi connectivity index (χ0) is 5.15. The van der Waals surface area contributed by atoms with Gasteiger partial charge in [-0.1, -0.05) is 0 Å². The molecule has 0 bridgehead atoms. The number of rotatable bonds is 0. The Hall–Kier alpha value is 0.0400. The minimum Gasteiger partial charge on any atom is -0.384 e. The maximum absolute atomic E-state index is 4.94. The lowest BCUT2D eigenvalue weighted by Gasteiger charge is -1.87. The van der Waals surface area contributed by atoms with E-state index in [2.05, 4.69) is 25.3 Å². The van der Waals surface area contributed by atoms with Crippen molar-refractivity contribution in [3.05, 3.63) is 10.1 Å². The molecule has 0 unspecified atom stereocenters. The number of hydrogen-bond donors (Lipinski definition) is 4. The van der Waals surface area contributed by atoms with Gasteiger partial charge in [0.2, 0.25) is 0 Å². The first kappa shape index (κ1) is 6.04. The van der Waals surface area contributed by atoms with E-state index in [0.717, 1.165) is 0 Å². The SMILES string of the molecule is NC(N)=C(S)S. The van der Waals surface area contributed by atoms with Gasteiger partial charge in [-0.15, -0.1) is 25.3 Å². The summed E-state index contributed by atoms with van der Waals surface area (Å²) in [4.78, 5) is 0. The van der Waals surface area contributed by atoms with Crippen molar-refractivity contribution in [2.45, 2.75) is 0 Å². The summed E-state index contributed by atoms with van der Waals surface area (Å²) in [6.45, 7) is 0.